The average molecular weight is 307 g/mol. The Labute approximate surface area is 130 Å². The van der Waals surface area contributed by atoms with Gasteiger partial charge in [-0.2, -0.15) is 0 Å². The fraction of sp³-hybridized carbons (Fsp3) is 0.667. The quantitative estimate of drug-likeness (QED) is 0.762. The molecule has 7 nitrogen and oxygen atoms in total. The number of likely N-dealkylation sites (N-methyl/N-ethyl adjacent to an activating group) is 1. The number of aromatic nitrogens is 2. The van der Waals surface area contributed by atoms with Crippen LogP contribution < -0.4 is 16.0 Å². The summed E-state index contributed by atoms with van der Waals surface area (Å²) in [5.74, 6) is -0.110. The molecular formula is C15H25N5O2. The van der Waals surface area contributed by atoms with Crippen LogP contribution in [-0.2, 0) is 17.9 Å². The van der Waals surface area contributed by atoms with Gasteiger partial charge in [-0.15, -0.1) is 0 Å². The van der Waals surface area contributed by atoms with E-state index in [2.05, 4.69) is 20.9 Å². The van der Waals surface area contributed by atoms with Gasteiger partial charge in [-0.05, 0) is 19.8 Å². The summed E-state index contributed by atoms with van der Waals surface area (Å²) in [5.41, 5.74) is 0.164. The van der Waals surface area contributed by atoms with E-state index in [-0.39, 0.29) is 11.9 Å². The van der Waals surface area contributed by atoms with Crippen LogP contribution in [0.3, 0.4) is 0 Å². The van der Waals surface area contributed by atoms with Gasteiger partial charge in [0.2, 0.25) is 5.91 Å². The topological polar surface area (TPSA) is 88.1 Å². The molecule has 0 saturated heterocycles. The first-order valence-corrected chi connectivity index (χ1v) is 7.88. The Morgan fingerprint density at radius 1 is 1.32 bits per heavy atom. The Bertz CT molecular complexity index is 520. The summed E-state index contributed by atoms with van der Waals surface area (Å²) < 4.78 is 1.97. The largest absolute Gasteiger partial charge is 0.357 e. The zero-order valence-electron chi connectivity index (χ0n) is 13.3. The third kappa shape index (κ3) is 3.58. The molecule has 0 atom stereocenters. The molecule has 1 aromatic heterocycles. The van der Waals surface area contributed by atoms with Gasteiger partial charge in [0.15, 0.2) is 0 Å². The van der Waals surface area contributed by atoms with Crippen molar-refractivity contribution in [1.82, 2.24) is 25.5 Å². The number of hydrogen-bond acceptors (Lipinski definition) is 3. The lowest BCUT2D eigenvalue weighted by Gasteiger charge is -2.36. The minimum atomic E-state index is -0.776. The van der Waals surface area contributed by atoms with Gasteiger partial charge in [-0.1, -0.05) is 19.3 Å². The van der Waals surface area contributed by atoms with Gasteiger partial charge in [-0.3, -0.25) is 4.79 Å². The average Bonchev–Trinajstić information content (AvgIpc) is 3.00. The zero-order chi connectivity index (χ0) is 16.0. The fourth-order valence-electron chi connectivity index (χ4n) is 3.02. The molecular weight excluding hydrogens is 282 g/mol. The zero-order valence-corrected chi connectivity index (χ0v) is 13.3. The summed E-state index contributed by atoms with van der Waals surface area (Å²) in [6.07, 6.45) is 7.87. The highest BCUT2D eigenvalue weighted by Gasteiger charge is 2.40. The van der Waals surface area contributed by atoms with Gasteiger partial charge in [-0.25, -0.2) is 9.78 Å². The SMILES string of the molecule is CCn1cncc1CNC(=O)NC1(C(=O)NC)CCCCC1. The third-order valence-electron chi connectivity index (χ3n) is 4.29. The van der Waals surface area contributed by atoms with Crippen LogP contribution in [-0.4, -0.2) is 34.1 Å². The Morgan fingerprint density at radius 2 is 2.05 bits per heavy atom. The summed E-state index contributed by atoms with van der Waals surface area (Å²) in [5, 5.41) is 8.38. The summed E-state index contributed by atoms with van der Waals surface area (Å²) >= 11 is 0. The molecule has 0 spiro atoms. The van der Waals surface area contributed by atoms with E-state index in [0.29, 0.717) is 19.4 Å². The number of carbonyl (C=O) groups excluding carboxylic acids is 2. The minimum Gasteiger partial charge on any atom is -0.357 e. The normalized spacial score (nSPS) is 16.8. The van der Waals surface area contributed by atoms with Crippen molar-refractivity contribution in [2.24, 2.45) is 0 Å². The lowest BCUT2D eigenvalue weighted by Crippen LogP contribution is -2.61. The van der Waals surface area contributed by atoms with E-state index in [4.69, 9.17) is 0 Å². The van der Waals surface area contributed by atoms with Crippen LogP contribution in [0.5, 0.6) is 0 Å². The summed E-state index contributed by atoms with van der Waals surface area (Å²) in [7, 11) is 1.61. The molecule has 1 aliphatic rings. The number of urea groups is 1. The second-order valence-electron chi connectivity index (χ2n) is 5.70. The van der Waals surface area contributed by atoms with Crippen molar-refractivity contribution in [2.75, 3.05) is 7.05 Å². The van der Waals surface area contributed by atoms with Crippen LogP contribution in [0.4, 0.5) is 4.79 Å². The fourth-order valence-corrected chi connectivity index (χ4v) is 3.02. The molecule has 122 valence electrons. The van der Waals surface area contributed by atoms with Gasteiger partial charge in [0.05, 0.1) is 18.6 Å². The Balaban J connectivity index is 1.95. The molecule has 22 heavy (non-hydrogen) atoms. The third-order valence-corrected chi connectivity index (χ3v) is 4.29. The molecule has 0 aromatic carbocycles. The monoisotopic (exact) mass is 307 g/mol. The first-order chi connectivity index (χ1) is 10.6. The maximum Gasteiger partial charge on any atom is 0.315 e. The van der Waals surface area contributed by atoms with Crippen molar-refractivity contribution in [3.8, 4) is 0 Å². The Hall–Kier alpha value is -2.05. The van der Waals surface area contributed by atoms with E-state index in [9.17, 15) is 9.59 Å². The maximum atomic E-state index is 12.2. The highest BCUT2D eigenvalue weighted by atomic mass is 16.2. The number of amides is 3. The molecule has 3 N–H and O–H groups in total. The smallest absolute Gasteiger partial charge is 0.315 e. The van der Waals surface area contributed by atoms with E-state index in [0.717, 1.165) is 31.5 Å². The molecule has 7 heteroatoms. The van der Waals surface area contributed by atoms with Gasteiger partial charge in [0.25, 0.3) is 0 Å². The van der Waals surface area contributed by atoms with Crippen LogP contribution >= 0.6 is 0 Å². The molecule has 1 aromatic rings. The lowest BCUT2D eigenvalue weighted by atomic mass is 9.81. The highest BCUT2D eigenvalue weighted by Crippen LogP contribution is 2.28. The van der Waals surface area contributed by atoms with Crippen LogP contribution in [0.15, 0.2) is 12.5 Å². The van der Waals surface area contributed by atoms with Crippen LogP contribution in [0.2, 0.25) is 0 Å². The molecule has 0 bridgehead atoms. The number of carbonyl (C=O) groups is 2. The van der Waals surface area contributed by atoms with Gasteiger partial charge < -0.3 is 20.5 Å². The number of nitrogens with zero attached hydrogens (tertiary/aromatic N) is 2. The second-order valence-corrected chi connectivity index (χ2v) is 5.70. The molecule has 1 saturated carbocycles. The van der Waals surface area contributed by atoms with Crippen LogP contribution in [0, 0.1) is 0 Å². The number of hydrogen-bond donors (Lipinski definition) is 3. The molecule has 0 radical (unpaired) electrons. The van der Waals surface area contributed by atoms with Crippen molar-refractivity contribution in [2.45, 2.75) is 57.7 Å². The first kappa shape index (κ1) is 16.3. The van der Waals surface area contributed by atoms with E-state index in [1.54, 1.807) is 19.6 Å². The number of rotatable bonds is 5. The first-order valence-electron chi connectivity index (χ1n) is 7.88. The van der Waals surface area contributed by atoms with Crippen molar-refractivity contribution < 1.29 is 9.59 Å². The molecule has 1 fully saturated rings. The summed E-state index contributed by atoms with van der Waals surface area (Å²) in [4.78, 5) is 28.5. The van der Waals surface area contributed by atoms with Crippen molar-refractivity contribution in [1.29, 1.82) is 0 Å². The van der Waals surface area contributed by atoms with Crippen molar-refractivity contribution in [3.05, 3.63) is 18.2 Å². The molecule has 2 rings (SSSR count). The van der Waals surface area contributed by atoms with Crippen LogP contribution in [0.25, 0.3) is 0 Å². The van der Waals surface area contributed by atoms with Crippen molar-refractivity contribution >= 4 is 11.9 Å². The van der Waals surface area contributed by atoms with E-state index in [1.807, 2.05) is 11.5 Å². The molecule has 0 unspecified atom stereocenters. The minimum absolute atomic E-state index is 0.110. The van der Waals surface area contributed by atoms with E-state index < -0.39 is 5.54 Å². The van der Waals surface area contributed by atoms with E-state index >= 15 is 0 Å². The Morgan fingerprint density at radius 3 is 2.68 bits per heavy atom. The number of nitrogens with one attached hydrogen (secondary N) is 3. The molecule has 1 heterocycles. The predicted molar refractivity (Wildman–Crippen MR) is 83.2 cm³/mol. The standard InChI is InChI=1S/C15H25N5O2/c1-3-20-11-17-9-12(20)10-18-14(22)19-15(13(21)16-2)7-5-4-6-8-15/h9,11H,3-8,10H2,1-2H3,(H,16,21)(H2,18,19,22). The second kappa shape index (κ2) is 7.29. The summed E-state index contributed by atoms with van der Waals surface area (Å²) in [6, 6.07) is -0.311. The van der Waals surface area contributed by atoms with Crippen molar-refractivity contribution in [3.63, 3.8) is 0 Å². The molecule has 1 aliphatic carbocycles. The highest BCUT2D eigenvalue weighted by molar-refractivity contribution is 5.90. The van der Waals surface area contributed by atoms with Gasteiger partial charge >= 0.3 is 6.03 Å². The lowest BCUT2D eigenvalue weighted by molar-refractivity contribution is -0.128. The Kier molecular flexibility index (Phi) is 5.41. The maximum absolute atomic E-state index is 12.2. The van der Waals surface area contributed by atoms with Crippen LogP contribution in [0.1, 0.15) is 44.7 Å². The number of aryl methyl sites for hydroxylation is 1. The van der Waals surface area contributed by atoms with E-state index in [1.165, 1.54) is 0 Å². The predicted octanol–water partition coefficient (Wildman–Crippen LogP) is 1.15. The number of imidazole rings is 1. The van der Waals surface area contributed by atoms with Gasteiger partial charge in [0, 0.05) is 19.8 Å². The molecule has 3 amide bonds. The molecule has 0 aliphatic heterocycles. The summed E-state index contributed by atoms with van der Waals surface area (Å²) in [6.45, 7) is 3.22. The van der Waals surface area contributed by atoms with Gasteiger partial charge in [0.1, 0.15) is 5.54 Å².